The van der Waals surface area contributed by atoms with Gasteiger partial charge in [0.2, 0.25) is 0 Å². The Morgan fingerprint density at radius 3 is 2.71 bits per heavy atom. The molecule has 0 saturated carbocycles. The maximum atomic E-state index is 12.7. The minimum absolute atomic E-state index is 0.136. The molecule has 0 spiro atoms. The second kappa shape index (κ2) is 5.81. The zero-order valence-electron chi connectivity index (χ0n) is 9.44. The third-order valence-corrected chi connectivity index (χ3v) is 4.01. The normalized spacial score (nSPS) is 24.3. The molecule has 0 amide bonds. The summed E-state index contributed by atoms with van der Waals surface area (Å²) in [5, 5.41) is 10.9. The Bertz CT molecular complexity index is 279. The highest BCUT2D eigenvalue weighted by molar-refractivity contribution is 7.99. The number of thioether (sulfide) groups is 1. The van der Waals surface area contributed by atoms with Gasteiger partial charge in [0.05, 0.1) is 0 Å². The zero-order chi connectivity index (χ0) is 13.1. The Morgan fingerprint density at radius 1 is 1.65 bits per heavy atom. The molecule has 0 aromatic carbocycles. The van der Waals surface area contributed by atoms with Gasteiger partial charge in [-0.25, -0.2) is 0 Å². The number of nitrogens with two attached hydrogens (primary N) is 1. The van der Waals surface area contributed by atoms with Crippen molar-refractivity contribution in [3.63, 3.8) is 0 Å². The summed E-state index contributed by atoms with van der Waals surface area (Å²) in [7, 11) is 1.64. The van der Waals surface area contributed by atoms with E-state index in [2.05, 4.69) is 5.16 Å². The van der Waals surface area contributed by atoms with Gasteiger partial charge in [-0.2, -0.15) is 24.9 Å². The van der Waals surface area contributed by atoms with Crippen LogP contribution >= 0.6 is 11.8 Å². The number of rotatable bonds is 4. The smallest absolute Gasteiger partial charge is 0.400 e. The molecule has 100 valence electrons. The Hall–Kier alpha value is -0.630. The average Bonchev–Trinajstić information content (AvgIpc) is 2.76. The van der Waals surface area contributed by atoms with Crippen molar-refractivity contribution >= 4 is 17.6 Å². The summed E-state index contributed by atoms with van der Waals surface area (Å²) in [6.45, 7) is -0.273. The van der Waals surface area contributed by atoms with Crippen molar-refractivity contribution in [2.45, 2.75) is 18.6 Å². The molecule has 2 unspecified atom stereocenters. The molecular weight excluding hydrogens is 255 g/mol. The summed E-state index contributed by atoms with van der Waals surface area (Å²) < 4.78 is 38.1. The summed E-state index contributed by atoms with van der Waals surface area (Å²) in [6.07, 6.45) is -3.61. The minimum Gasteiger partial charge on any atom is -0.409 e. The molecule has 1 rings (SSSR count). The lowest BCUT2D eigenvalue weighted by atomic mass is 10.1. The SMILES string of the molecule is CN(CC(C(N)=NO)C(F)(F)F)C1CCSC1. The molecule has 1 saturated heterocycles. The molecular formula is C9H16F3N3OS. The molecule has 0 aliphatic carbocycles. The van der Waals surface area contributed by atoms with E-state index in [4.69, 9.17) is 10.9 Å². The molecule has 1 aliphatic heterocycles. The van der Waals surface area contributed by atoms with Crippen molar-refractivity contribution in [2.75, 3.05) is 25.1 Å². The van der Waals surface area contributed by atoms with E-state index in [0.29, 0.717) is 0 Å². The molecule has 1 heterocycles. The van der Waals surface area contributed by atoms with Crippen LogP contribution in [-0.2, 0) is 0 Å². The van der Waals surface area contributed by atoms with Crippen LogP contribution in [-0.4, -0.2) is 53.3 Å². The highest BCUT2D eigenvalue weighted by atomic mass is 32.2. The Balaban J connectivity index is 2.66. The van der Waals surface area contributed by atoms with Crippen LogP contribution in [0.5, 0.6) is 0 Å². The summed E-state index contributed by atoms with van der Waals surface area (Å²) in [4.78, 5) is 1.64. The molecule has 2 atom stereocenters. The Morgan fingerprint density at radius 2 is 2.29 bits per heavy atom. The molecule has 3 N–H and O–H groups in total. The number of halogens is 3. The maximum Gasteiger partial charge on any atom is 0.400 e. The van der Waals surface area contributed by atoms with Crippen molar-refractivity contribution < 1.29 is 18.4 Å². The van der Waals surface area contributed by atoms with E-state index in [1.54, 1.807) is 23.7 Å². The number of hydrogen-bond donors (Lipinski definition) is 2. The maximum absolute atomic E-state index is 12.7. The van der Waals surface area contributed by atoms with Gasteiger partial charge in [-0.15, -0.1) is 0 Å². The lowest BCUT2D eigenvalue weighted by molar-refractivity contribution is -0.160. The fraction of sp³-hybridized carbons (Fsp3) is 0.889. The van der Waals surface area contributed by atoms with E-state index in [0.717, 1.165) is 17.9 Å². The average molecular weight is 271 g/mol. The number of amidine groups is 1. The number of oxime groups is 1. The zero-order valence-corrected chi connectivity index (χ0v) is 10.3. The molecule has 17 heavy (non-hydrogen) atoms. The van der Waals surface area contributed by atoms with Gasteiger partial charge in [0.1, 0.15) is 5.92 Å². The van der Waals surface area contributed by atoms with Crippen LogP contribution in [0.4, 0.5) is 13.2 Å². The quantitative estimate of drug-likeness (QED) is 0.351. The summed E-state index contributed by atoms with van der Waals surface area (Å²) in [5.41, 5.74) is 5.10. The number of hydrogen-bond acceptors (Lipinski definition) is 4. The van der Waals surface area contributed by atoms with Gasteiger partial charge in [0, 0.05) is 18.3 Å². The van der Waals surface area contributed by atoms with Crippen molar-refractivity contribution in [3.05, 3.63) is 0 Å². The third kappa shape index (κ3) is 3.95. The Kier molecular flexibility index (Phi) is 4.93. The van der Waals surface area contributed by atoms with Crippen LogP contribution < -0.4 is 5.73 Å². The van der Waals surface area contributed by atoms with Gasteiger partial charge in [-0.3, -0.25) is 0 Å². The van der Waals surface area contributed by atoms with Gasteiger partial charge in [0.25, 0.3) is 0 Å². The van der Waals surface area contributed by atoms with Crippen molar-refractivity contribution in [2.24, 2.45) is 16.8 Å². The van der Waals surface area contributed by atoms with E-state index in [1.165, 1.54) is 0 Å². The predicted molar refractivity (Wildman–Crippen MR) is 61.3 cm³/mol. The first-order chi connectivity index (χ1) is 7.86. The molecule has 1 fully saturated rings. The van der Waals surface area contributed by atoms with Gasteiger partial charge < -0.3 is 15.8 Å². The third-order valence-electron chi connectivity index (χ3n) is 2.87. The van der Waals surface area contributed by atoms with Gasteiger partial charge >= 0.3 is 6.18 Å². The van der Waals surface area contributed by atoms with E-state index >= 15 is 0 Å². The van der Waals surface area contributed by atoms with Crippen molar-refractivity contribution in [3.8, 4) is 0 Å². The molecule has 0 aromatic heterocycles. The van der Waals surface area contributed by atoms with Gasteiger partial charge in [0.15, 0.2) is 5.84 Å². The first kappa shape index (κ1) is 14.4. The predicted octanol–water partition coefficient (Wildman–Crippen LogP) is 1.35. The topological polar surface area (TPSA) is 61.8 Å². The van der Waals surface area contributed by atoms with Gasteiger partial charge in [-0.05, 0) is 19.2 Å². The van der Waals surface area contributed by atoms with E-state index in [9.17, 15) is 13.2 Å². The lowest BCUT2D eigenvalue weighted by Gasteiger charge is -2.28. The first-order valence-electron chi connectivity index (χ1n) is 5.18. The largest absolute Gasteiger partial charge is 0.409 e. The second-order valence-electron chi connectivity index (χ2n) is 4.08. The molecule has 4 nitrogen and oxygen atoms in total. The Labute approximate surface area is 102 Å². The van der Waals surface area contributed by atoms with Crippen LogP contribution in [0.2, 0.25) is 0 Å². The number of nitrogens with zero attached hydrogens (tertiary/aromatic N) is 2. The van der Waals surface area contributed by atoms with Crippen LogP contribution in [0.15, 0.2) is 5.16 Å². The summed E-state index contributed by atoms with van der Waals surface area (Å²) >= 11 is 1.73. The van der Waals surface area contributed by atoms with E-state index < -0.39 is 17.9 Å². The van der Waals surface area contributed by atoms with Gasteiger partial charge in [-0.1, -0.05) is 5.16 Å². The summed E-state index contributed by atoms with van der Waals surface area (Å²) in [6, 6.07) is 0.136. The molecule has 0 radical (unpaired) electrons. The van der Waals surface area contributed by atoms with Crippen molar-refractivity contribution in [1.82, 2.24) is 4.90 Å². The van der Waals surface area contributed by atoms with Crippen molar-refractivity contribution in [1.29, 1.82) is 0 Å². The molecule has 1 aliphatic rings. The molecule has 0 aromatic rings. The fourth-order valence-corrected chi connectivity index (χ4v) is 3.04. The van der Waals surface area contributed by atoms with E-state index in [1.807, 2.05) is 0 Å². The molecule has 0 bridgehead atoms. The van der Waals surface area contributed by atoms with Crippen LogP contribution in [0.25, 0.3) is 0 Å². The highest BCUT2D eigenvalue weighted by Gasteiger charge is 2.44. The van der Waals surface area contributed by atoms with Crippen LogP contribution in [0, 0.1) is 5.92 Å². The number of alkyl halides is 3. The standard InChI is InChI=1S/C9H16F3N3OS/c1-15(6-2-3-17-5-6)4-7(8(13)14-16)9(10,11)12/h6-7,16H,2-5H2,1H3,(H2,13,14). The monoisotopic (exact) mass is 271 g/mol. The second-order valence-corrected chi connectivity index (χ2v) is 5.23. The van der Waals surface area contributed by atoms with Crippen LogP contribution in [0.1, 0.15) is 6.42 Å². The van der Waals surface area contributed by atoms with Crippen LogP contribution in [0.3, 0.4) is 0 Å². The highest BCUT2D eigenvalue weighted by Crippen LogP contribution is 2.29. The fourth-order valence-electron chi connectivity index (χ4n) is 1.74. The van der Waals surface area contributed by atoms with E-state index in [-0.39, 0.29) is 12.6 Å². The minimum atomic E-state index is -4.49. The lowest BCUT2D eigenvalue weighted by Crippen LogP contribution is -2.46. The molecule has 8 heteroatoms. The first-order valence-corrected chi connectivity index (χ1v) is 6.34. The summed E-state index contributed by atoms with van der Waals surface area (Å²) in [5.74, 6) is -0.898.